The Balaban J connectivity index is 1.57. The Morgan fingerprint density at radius 1 is 1.19 bits per heavy atom. The van der Waals surface area contributed by atoms with Crippen LogP contribution in [0, 0.1) is 0 Å². The number of benzene rings is 1. The summed E-state index contributed by atoms with van der Waals surface area (Å²) in [5.74, 6) is 0.434. The predicted molar refractivity (Wildman–Crippen MR) is 96.6 cm³/mol. The van der Waals surface area contributed by atoms with Crippen molar-refractivity contribution in [2.45, 2.75) is 29.8 Å². The average Bonchev–Trinajstić information content (AvgIpc) is 2.69. The second-order valence-corrected chi connectivity index (χ2v) is 8.65. The molecule has 2 aliphatic rings. The quantitative estimate of drug-likeness (QED) is 0.825. The summed E-state index contributed by atoms with van der Waals surface area (Å²) in [5.41, 5.74) is 2.16. The van der Waals surface area contributed by atoms with E-state index in [-0.39, 0.29) is 10.5 Å². The highest BCUT2D eigenvalue weighted by atomic mass is 32.2. The summed E-state index contributed by atoms with van der Waals surface area (Å²) in [7, 11) is -2.10. The maximum Gasteiger partial charge on any atom is 0.244 e. The number of sulfonamides is 1. The van der Waals surface area contributed by atoms with Crippen molar-refractivity contribution in [1.82, 2.24) is 9.29 Å². The first-order chi connectivity index (χ1) is 12.5. The molecule has 2 aromatic rings. The first kappa shape index (κ1) is 17.5. The van der Waals surface area contributed by atoms with Gasteiger partial charge < -0.3 is 9.47 Å². The van der Waals surface area contributed by atoms with E-state index in [9.17, 15) is 8.42 Å². The van der Waals surface area contributed by atoms with Crippen LogP contribution in [0.15, 0.2) is 47.6 Å². The van der Waals surface area contributed by atoms with Crippen molar-refractivity contribution in [3.63, 3.8) is 0 Å². The highest BCUT2D eigenvalue weighted by Gasteiger charge is 2.43. The van der Waals surface area contributed by atoms with Crippen LogP contribution in [0.2, 0.25) is 0 Å². The third-order valence-electron chi connectivity index (χ3n) is 5.35. The van der Waals surface area contributed by atoms with Gasteiger partial charge in [0.2, 0.25) is 10.0 Å². The number of hydrogen-bond donors (Lipinski definition) is 0. The third kappa shape index (κ3) is 2.90. The lowest BCUT2D eigenvalue weighted by atomic mass is 9.80. The minimum Gasteiger partial charge on any atom is -0.495 e. The predicted octanol–water partition coefficient (Wildman–Crippen LogP) is 2.34. The summed E-state index contributed by atoms with van der Waals surface area (Å²) >= 11 is 0. The molecule has 1 aromatic carbocycles. The Labute approximate surface area is 153 Å². The van der Waals surface area contributed by atoms with Crippen molar-refractivity contribution in [3.05, 3.63) is 53.9 Å². The number of ether oxygens (including phenoxy) is 2. The Bertz CT molecular complexity index is 905. The van der Waals surface area contributed by atoms with Gasteiger partial charge in [-0.25, -0.2) is 8.42 Å². The van der Waals surface area contributed by atoms with Gasteiger partial charge in [0.15, 0.2) is 0 Å². The minimum absolute atomic E-state index is 0.165. The van der Waals surface area contributed by atoms with E-state index < -0.39 is 10.0 Å². The largest absolute Gasteiger partial charge is 0.495 e. The summed E-state index contributed by atoms with van der Waals surface area (Å²) in [4.78, 5) is 4.14. The maximum atomic E-state index is 13.0. The van der Waals surface area contributed by atoms with Crippen LogP contribution in [0.25, 0.3) is 0 Å². The molecule has 1 spiro atoms. The van der Waals surface area contributed by atoms with Crippen LogP contribution in [-0.2, 0) is 26.8 Å². The second-order valence-electron chi connectivity index (χ2n) is 6.71. The number of methoxy groups -OCH3 is 1. The van der Waals surface area contributed by atoms with Crippen molar-refractivity contribution < 1.29 is 17.9 Å². The molecule has 0 N–H and O–H groups in total. The Hall–Kier alpha value is -1.96. The van der Waals surface area contributed by atoms with Gasteiger partial charge in [-0.05, 0) is 30.4 Å². The molecule has 4 rings (SSSR count). The molecular weight excluding hydrogens is 352 g/mol. The van der Waals surface area contributed by atoms with Gasteiger partial charge in [-0.15, -0.1) is 0 Å². The molecule has 0 aliphatic carbocycles. The molecule has 0 atom stereocenters. The molecule has 0 saturated carbocycles. The fourth-order valence-corrected chi connectivity index (χ4v) is 5.34. The van der Waals surface area contributed by atoms with Crippen LogP contribution in [0.3, 0.4) is 0 Å². The smallest absolute Gasteiger partial charge is 0.244 e. The van der Waals surface area contributed by atoms with Crippen molar-refractivity contribution in [2.24, 2.45) is 0 Å². The van der Waals surface area contributed by atoms with E-state index >= 15 is 0 Å². The molecule has 3 heterocycles. The summed E-state index contributed by atoms with van der Waals surface area (Å²) < 4.78 is 38.7. The summed E-state index contributed by atoms with van der Waals surface area (Å²) in [5, 5.41) is 0. The van der Waals surface area contributed by atoms with Gasteiger partial charge in [0, 0.05) is 25.4 Å². The van der Waals surface area contributed by atoms with E-state index in [0.717, 1.165) is 6.42 Å². The van der Waals surface area contributed by atoms with Crippen LogP contribution < -0.4 is 4.74 Å². The molecule has 2 aliphatic heterocycles. The lowest BCUT2D eigenvalue weighted by molar-refractivity contribution is -0.0891. The molecule has 0 radical (unpaired) electrons. The standard InChI is InChI=1S/C19H22N2O4S/c1-24-16-12-17(14-20-13-16)26(22,23)21-9-7-19(8-10-21)18-5-3-2-4-15(18)6-11-25-19/h2-5,12-14H,6-11H2,1H3. The molecule has 7 heteroatoms. The summed E-state index contributed by atoms with van der Waals surface area (Å²) in [6.45, 7) is 1.53. The van der Waals surface area contributed by atoms with Crippen LogP contribution in [0.1, 0.15) is 24.0 Å². The Kier molecular flexibility index (Phi) is 4.46. The number of rotatable bonds is 3. The van der Waals surface area contributed by atoms with Crippen molar-refractivity contribution in [2.75, 3.05) is 26.8 Å². The summed E-state index contributed by atoms with van der Waals surface area (Å²) in [6.07, 6.45) is 5.09. The van der Waals surface area contributed by atoms with E-state index in [1.165, 1.54) is 41.0 Å². The number of hydrogen-bond acceptors (Lipinski definition) is 5. The zero-order valence-corrected chi connectivity index (χ0v) is 15.5. The number of nitrogens with zero attached hydrogens (tertiary/aromatic N) is 2. The van der Waals surface area contributed by atoms with Gasteiger partial charge in [0.05, 0.1) is 25.5 Å². The molecule has 26 heavy (non-hydrogen) atoms. The zero-order valence-electron chi connectivity index (χ0n) is 14.7. The molecule has 6 nitrogen and oxygen atoms in total. The first-order valence-corrected chi connectivity index (χ1v) is 10.2. The zero-order chi connectivity index (χ0) is 18.2. The van der Waals surface area contributed by atoms with Gasteiger partial charge in [-0.2, -0.15) is 4.31 Å². The number of pyridine rings is 1. The molecule has 0 unspecified atom stereocenters. The highest BCUT2D eigenvalue weighted by molar-refractivity contribution is 7.89. The molecular formula is C19H22N2O4S. The van der Waals surface area contributed by atoms with Gasteiger partial charge in [0.1, 0.15) is 10.6 Å². The van der Waals surface area contributed by atoms with Crippen molar-refractivity contribution >= 4 is 10.0 Å². The minimum atomic E-state index is -3.59. The Morgan fingerprint density at radius 2 is 1.96 bits per heavy atom. The number of aromatic nitrogens is 1. The monoisotopic (exact) mass is 374 g/mol. The Morgan fingerprint density at radius 3 is 2.73 bits per heavy atom. The van der Waals surface area contributed by atoms with Crippen LogP contribution in [0.5, 0.6) is 5.75 Å². The van der Waals surface area contributed by atoms with Gasteiger partial charge in [-0.1, -0.05) is 24.3 Å². The SMILES string of the molecule is COc1cncc(S(=O)(=O)N2CCC3(CC2)OCCc2ccccc23)c1. The molecule has 0 amide bonds. The van der Waals surface area contributed by atoms with E-state index in [0.29, 0.717) is 38.3 Å². The molecule has 0 bridgehead atoms. The maximum absolute atomic E-state index is 13.0. The molecule has 1 saturated heterocycles. The van der Waals surface area contributed by atoms with Crippen LogP contribution in [0.4, 0.5) is 0 Å². The van der Waals surface area contributed by atoms with Crippen LogP contribution in [-0.4, -0.2) is 44.5 Å². The summed E-state index contributed by atoms with van der Waals surface area (Å²) in [6, 6.07) is 9.85. The van der Waals surface area contributed by atoms with E-state index in [1.54, 1.807) is 0 Å². The second kappa shape index (κ2) is 6.64. The fraction of sp³-hybridized carbons (Fsp3) is 0.421. The van der Waals surface area contributed by atoms with E-state index in [4.69, 9.17) is 9.47 Å². The van der Waals surface area contributed by atoms with E-state index in [2.05, 4.69) is 17.1 Å². The molecule has 1 fully saturated rings. The van der Waals surface area contributed by atoms with Gasteiger partial charge in [0.25, 0.3) is 0 Å². The number of fused-ring (bicyclic) bond motifs is 2. The highest BCUT2D eigenvalue weighted by Crippen LogP contribution is 2.42. The topological polar surface area (TPSA) is 68.7 Å². The lowest BCUT2D eigenvalue weighted by Crippen LogP contribution is -2.48. The van der Waals surface area contributed by atoms with E-state index in [1.807, 2.05) is 12.1 Å². The van der Waals surface area contributed by atoms with Crippen LogP contribution >= 0.6 is 0 Å². The van der Waals surface area contributed by atoms with Crippen molar-refractivity contribution in [3.8, 4) is 5.75 Å². The third-order valence-corrected chi connectivity index (χ3v) is 7.21. The molecule has 138 valence electrons. The fourth-order valence-electron chi connectivity index (χ4n) is 3.92. The van der Waals surface area contributed by atoms with Gasteiger partial charge in [-0.3, -0.25) is 4.98 Å². The molecule has 1 aromatic heterocycles. The van der Waals surface area contributed by atoms with Crippen molar-refractivity contribution in [1.29, 1.82) is 0 Å². The first-order valence-electron chi connectivity index (χ1n) is 8.77. The lowest BCUT2D eigenvalue weighted by Gasteiger charge is -2.44. The number of piperidine rings is 1. The normalized spacial score (nSPS) is 19.9. The average molecular weight is 374 g/mol. The van der Waals surface area contributed by atoms with Gasteiger partial charge >= 0.3 is 0 Å².